The molecular formula is C16H17NO3S. The molecule has 0 aliphatic heterocycles. The summed E-state index contributed by atoms with van der Waals surface area (Å²) in [4.78, 5) is 24.6. The fourth-order valence-electron chi connectivity index (χ4n) is 2.06. The van der Waals surface area contributed by atoms with Gasteiger partial charge in [-0.1, -0.05) is 30.3 Å². The van der Waals surface area contributed by atoms with Crippen molar-refractivity contribution in [2.45, 2.75) is 19.8 Å². The smallest absolute Gasteiger partial charge is 0.312 e. The molecule has 0 radical (unpaired) electrons. The van der Waals surface area contributed by atoms with E-state index in [1.54, 1.807) is 29.6 Å². The third-order valence-corrected chi connectivity index (χ3v) is 4.51. The normalized spacial score (nSPS) is 11.9. The Hall–Kier alpha value is -2.14. The van der Waals surface area contributed by atoms with Gasteiger partial charge in [0.25, 0.3) is 5.91 Å². The Labute approximate surface area is 127 Å². The average molecular weight is 303 g/mol. The molecule has 0 bridgehead atoms. The zero-order valence-electron chi connectivity index (χ0n) is 11.9. The number of carbonyl (C=O) groups is 2. The highest BCUT2D eigenvalue weighted by atomic mass is 32.1. The molecule has 5 heteroatoms. The zero-order chi connectivity index (χ0) is 15.4. The van der Waals surface area contributed by atoms with Crippen LogP contribution in [0.15, 0.2) is 35.7 Å². The Morgan fingerprint density at radius 2 is 1.90 bits per heavy atom. The summed E-state index contributed by atoms with van der Waals surface area (Å²) in [5.41, 5.74) is 2.25. The lowest BCUT2D eigenvalue weighted by atomic mass is 9.99. The van der Waals surface area contributed by atoms with E-state index in [1.165, 1.54) is 11.3 Å². The zero-order valence-corrected chi connectivity index (χ0v) is 12.7. The van der Waals surface area contributed by atoms with Gasteiger partial charge in [0, 0.05) is 16.8 Å². The number of amides is 1. The van der Waals surface area contributed by atoms with E-state index >= 15 is 0 Å². The van der Waals surface area contributed by atoms with Crippen molar-refractivity contribution >= 4 is 23.2 Å². The van der Waals surface area contributed by atoms with Crippen LogP contribution in [0.25, 0.3) is 0 Å². The summed E-state index contributed by atoms with van der Waals surface area (Å²) in [6, 6.07) is 8.92. The largest absolute Gasteiger partial charge is 0.481 e. The van der Waals surface area contributed by atoms with Gasteiger partial charge in [0.2, 0.25) is 0 Å². The number of carboxylic acids is 1. The summed E-state index contributed by atoms with van der Waals surface area (Å²) in [5, 5.41) is 13.8. The SMILES string of the molecule is Cc1scc(C(=O)NCC(C(=O)O)c2ccccc2)c1C. The lowest BCUT2D eigenvalue weighted by Gasteiger charge is -2.13. The van der Waals surface area contributed by atoms with Crippen LogP contribution in [0.4, 0.5) is 0 Å². The van der Waals surface area contributed by atoms with E-state index in [0.717, 1.165) is 10.4 Å². The van der Waals surface area contributed by atoms with E-state index in [0.29, 0.717) is 11.1 Å². The Morgan fingerprint density at radius 3 is 2.43 bits per heavy atom. The van der Waals surface area contributed by atoms with Gasteiger partial charge >= 0.3 is 5.97 Å². The summed E-state index contributed by atoms with van der Waals surface area (Å²) in [5.74, 6) is -1.91. The van der Waals surface area contributed by atoms with Crippen LogP contribution >= 0.6 is 11.3 Å². The molecule has 21 heavy (non-hydrogen) atoms. The minimum atomic E-state index is -0.945. The third-order valence-electron chi connectivity index (χ3n) is 3.50. The van der Waals surface area contributed by atoms with Crippen molar-refractivity contribution in [3.8, 4) is 0 Å². The summed E-state index contributed by atoms with van der Waals surface area (Å²) in [6.07, 6.45) is 0. The number of aryl methyl sites for hydroxylation is 1. The highest BCUT2D eigenvalue weighted by Crippen LogP contribution is 2.21. The van der Waals surface area contributed by atoms with Crippen molar-refractivity contribution in [3.05, 3.63) is 57.3 Å². The topological polar surface area (TPSA) is 66.4 Å². The van der Waals surface area contributed by atoms with Gasteiger partial charge in [-0.15, -0.1) is 11.3 Å². The molecule has 1 aromatic carbocycles. The maximum Gasteiger partial charge on any atom is 0.312 e. The molecule has 4 nitrogen and oxygen atoms in total. The number of benzene rings is 1. The lowest BCUT2D eigenvalue weighted by Crippen LogP contribution is -2.31. The van der Waals surface area contributed by atoms with E-state index in [-0.39, 0.29) is 12.5 Å². The number of thiophene rings is 1. The molecule has 1 atom stereocenters. The second-order valence-electron chi connectivity index (χ2n) is 4.84. The van der Waals surface area contributed by atoms with E-state index in [1.807, 2.05) is 19.9 Å². The van der Waals surface area contributed by atoms with Gasteiger partial charge in [-0.2, -0.15) is 0 Å². The first-order valence-corrected chi connectivity index (χ1v) is 7.49. The van der Waals surface area contributed by atoms with Crippen LogP contribution in [0, 0.1) is 13.8 Å². The molecule has 2 rings (SSSR count). The van der Waals surface area contributed by atoms with Crippen molar-refractivity contribution in [1.29, 1.82) is 0 Å². The average Bonchev–Trinajstić information content (AvgIpc) is 2.80. The maximum atomic E-state index is 12.1. The van der Waals surface area contributed by atoms with Gasteiger partial charge in [0.1, 0.15) is 0 Å². The molecule has 2 N–H and O–H groups in total. The van der Waals surface area contributed by atoms with Crippen molar-refractivity contribution in [1.82, 2.24) is 5.32 Å². The number of rotatable bonds is 5. The molecule has 2 aromatic rings. The fraction of sp³-hybridized carbons (Fsp3) is 0.250. The molecule has 0 fully saturated rings. The molecule has 1 aromatic heterocycles. The fourth-order valence-corrected chi connectivity index (χ4v) is 2.93. The van der Waals surface area contributed by atoms with Crippen LogP contribution < -0.4 is 5.32 Å². The monoisotopic (exact) mass is 303 g/mol. The van der Waals surface area contributed by atoms with Crippen LogP contribution in [-0.4, -0.2) is 23.5 Å². The molecule has 1 heterocycles. The van der Waals surface area contributed by atoms with E-state index in [4.69, 9.17) is 0 Å². The Bertz CT molecular complexity index is 649. The molecule has 1 unspecified atom stereocenters. The first kappa shape index (κ1) is 15.3. The predicted octanol–water partition coefficient (Wildman–Crippen LogP) is 2.96. The predicted molar refractivity (Wildman–Crippen MR) is 82.9 cm³/mol. The minimum absolute atomic E-state index is 0.0759. The van der Waals surface area contributed by atoms with E-state index < -0.39 is 11.9 Å². The van der Waals surface area contributed by atoms with Crippen molar-refractivity contribution in [3.63, 3.8) is 0 Å². The highest BCUT2D eigenvalue weighted by Gasteiger charge is 2.21. The van der Waals surface area contributed by atoms with Gasteiger partial charge in [-0.3, -0.25) is 9.59 Å². The van der Waals surface area contributed by atoms with Crippen LogP contribution in [0.5, 0.6) is 0 Å². The Balaban J connectivity index is 2.08. The minimum Gasteiger partial charge on any atom is -0.481 e. The Kier molecular flexibility index (Phi) is 4.75. The second kappa shape index (κ2) is 6.54. The van der Waals surface area contributed by atoms with Crippen molar-refractivity contribution in [2.75, 3.05) is 6.54 Å². The first-order valence-electron chi connectivity index (χ1n) is 6.61. The second-order valence-corrected chi connectivity index (χ2v) is 5.93. The summed E-state index contributed by atoms with van der Waals surface area (Å²) in [6.45, 7) is 3.93. The van der Waals surface area contributed by atoms with Gasteiger partial charge in [-0.05, 0) is 25.0 Å². The molecular weight excluding hydrogens is 286 g/mol. The number of nitrogens with one attached hydrogen (secondary N) is 1. The number of hydrogen-bond acceptors (Lipinski definition) is 3. The van der Waals surface area contributed by atoms with Crippen LogP contribution in [-0.2, 0) is 4.79 Å². The standard InChI is InChI=1S/C16H17NO3S/c1-10-11(2)21-9-14(10)15(18)17-8-13(16(19)20)12-6-4-3-5-7-12/h3-7,9,13H,8H2,1-2H3,(H,17,18)(H,19,20). The molecule has 0 saturated heterocycles. The molecule has 1 amide bonds. The number of hydrogen-bond donors (Lipinski definition) is 2. The van der Waals surface area contributed by atoms with Gasteiger partial charge < -0.3 is 10.4 Å². The summed E-state index contributed by atoms with van der Waals surface area (Å²) >= 11 is 1.52. The summed E-state index contributed by atoms with van der Waals surface area (Å²) in [7, 11) is 0. The quantitative estimate of drug-likeness (QED) is 0.892. The molecule has 0 aliphatic carbocycles. The first-order chi connectivity index (χ1) is 10.0. The highest BCUT2D eigenvalue weighted by molar-refractivity contribution is 7.10. The van der Waals surface area contributed by atoms with Crippen molar-refractivity contribution in [2.24, 2.45) is 0 Å². The van der Waals surface area contributed by atoms with Crippen LogP contribution in [0.2, 0.25) is 0 Å². The lowest BCUT2D eigenvalue weighted by molar-refractivity contribution is -0.138. The summed E-state index contributed by atoms with van der Waals surface area (Å²) < 4.78 is 0. The van der Waals surface area contributed by atoms with Crippen molar-refractivity contribution < 1.29 is 14.7 Å². The molecule has 0 aliphatic rings. The number of carboxylic acid groups (broad SMARTS) is 1. The molecule has 0 saturated carbocycles. The number of aliphatic carboxylic acids is 1. The van der Waals surface area contributed by atoms with E-state index in [2.05, 4.69) is 5.32 Å². The van der Waals surface area contributed by atoms with Gasteiger partial charge in [-0.25, -0.2) is 0 Å². The molecule has 110 valence electrons. The number of carbonyl (C=O) groups excluding carboxylic acids is 1. The van der Waals surface area contributed by atoms with E-state index in [9.17, 15) is 14.7 Å². The maximum absolute atomic E-state index is 12.1. The third kappa shape index (κ3) is 3.49. The van der Waals surface area contributed by atoms with Gasteiger partial charge in [0.15, 0.2) is 0 Å². The molecule has 0 spiro atoms. The Morgan fingerprint density at radius 1 is 1.24 bits per heavy atom. The van der Waals surface area contributed by atoms with Crippen LogP contribution in [0.3, 0.4) is 0 Å². The van der Waals surface area contributed by atoms with Gasteiger partial charge in [0.05, 0.1) is 11.5 Å². The van der Waals surface area contributed by atoms with Crippen LogP contribution in [0.1, 0.15) is 32.3 Å².